The number of hydrogen-bond donors (Lipinski definition) is 1. The van der Waals surface area contributed by atoms with Crippen molar-refractivity contribution < 1.29 is 21.6 Å². The molecule has 1 amide bonds. The molecule has 1 saturated heterocycles. The van der Waals surface area contributed by atoms with Crippen molar-refractivity contribution in [2.45, 2.75) is 26.3 Å². The van der Waals surface area contributed by atoms with Crippen LogP contribution in [0.25, 0.3) is 0 Å². The summed E-state index contributed by atoms with van der Waals surface area (Å²) >= 11 is 0. The summed E-state index contributed by atoms with van der Waals surface area (Å²) < 4.78 is 46.9. The van der Waals surface area contributed by atoms with Crippen LogP contribution in [0, 0.1) is 5.92 Å². The molecule has 1 atom stereocenters. The molecule has 0 saturated carbocycles. The van der Waals surface area contributed by atoms with Crippen molar-refractivity contribution in [3.05, 3.63) is 0 Å². The maximum absolute atomic E-state index is 11.8. The van der Waals surface area contributed by atoms with E-state index in [0.717, 1.165) is 10.6 Å². The van der Waals surface area contributed by atoms with E-state index in [2.05, 4.69) is 5.32 Å². The van der Waals surface area contributed by atoms with Crippen LogP contribution in [0.3, 0.4) is 0 Å². The number of hydrogen-bond acceptors (Lipinski definition) is 5. The van der Waals surface area contributed by atoms with Gasteiger partial charge in [0.05, 0.1) is 24.3 Å². The first-order chi connectivity index (χ1) is 8.99. The fraction of sp³-hybridized carbons (Fsp3) is 0.909. The lowest BCUT2D eigenvalue weighted by Crippen LogP contribution is -2.45. The van der Waals surface area contributed by atoms with Crippen LogP contribution in [0.5, 0.6) is 0 Å². The lowest BCUT2D eigenvalue weighted by molar-refractivity contribution is -0.121. The van der Waals surface area contributed by atoms with Gasteiger partial charge in [0.25, 0.3) is 0 Å². The van der Waals surface area contributed by atoms with E-state index in [0.29, 0.717) is 6.42 Å². The average Bonchev–Trinajstić information content (AvgIpc) is 2.54. The Labute approximate surface area is 120 Å². The first-order valence-electron chi connectivity index (χ1n) is 6.44. The van der Waals surface area contributed by atoms with Crippen LogP contribution < -0.4 is 5.32 Å². The van der Waals surface area contributed by atoms with Gasteiger partial charge in [-0.05, 0) is 12.3 Å². The summed E-state index contributed by atoms with van der Waals surface area (Å²) in [5.41, 5.74) is 0. The summed E-state index contributed by atoms with van der Waals surface area (Å²) in [4.78, 5) is 11.8. The predicted molar refractivity (Wildman–Crippen MR) is 76.5 cm³/mol. The molecule has 9 heteroatoms. The lowest BCUT2D eigenvalue weighted by Gasteiger charge is -2.22. The fourth-order valence-electron chi connectivity index (χ4n) is 2.07. The summed E-state index contributed by atoms with van der Waals surface area (Å²) in [5, 5.41) is 2.59. The van der Waals surface area contributed by atoms with Gasteiger partial charge in [0.2, 0.25) is 15.9 Å². The van der Waals surface area contributed by atoms with E-state index >= 15 is 0 Å². The van der Waals surface area contributed by atoms with Gasteiger partial charge in [-0.1, -0.05) is 13.8 Å². The van der Waals surface area contributed by atoms with Crippen LogP contribution in [0.4, 0.5) is 0 Å². The third-order valence-electron chi connectivity index (χ3n) is 2.96. The molecule has 1 unspecified atom stereocenters. The molecule has 118 valence electrons. The van der Waals surface area contributed by atoms with E-state index < -0.39 is 31.8 Å². The number of carbonyl (C=O) groups is 1. The number of sulfonamides is 1. The molecule has 1 heterocycles. The van der Waals surface area contributed by atoms with Gasteiger partial charge in [0.15, 0.2) is 9.84 Å². The van der Waals surface area contributed by atoms with Crippen LogP contribution in [0.2, 0.25) is 0 Å². The number of carbonyl (C=O) groups excluding carboxylic acids is 1. The molecule has 20 heavy (non-hydrogen) atoms. The van der Waals surface area contributed by atoms with Crippen LogP contribution in [-0.2, 0) is 24.7 Å². The van der Waals surface area contributed by atoms with E-state index in [-0.39, 0.29) is 30.5 Å². The molecule has 0 bridgehead atoms. The fourth-order valence-corrected chi connectivity index (χ4v) is 4.66. The molecule has 1 aliphatic heterocycles. The van der Waals surface area contributed by atoms with Gasteiger partial charge >= 0.3 is 0 Å². The minimum absolute atomic E-state index is 0.0677. The quantitative estimate of drug-likeness (QED) is 0.689. The van der Waals surface area contributed by atoms with E-state index in [1.54, 1.807) is 0 Å². The third kappa shape index (κ3) is 5.76. The molecule has 0 aliphatic carbocycles. The summed E-state index contributed by atoms with van der Waals surface area (Å²) in [6, 6.07) is -0.409. The van der Waals surface area contributed by atoms with Gasteiger partial charge in [0.1, 0.15) is 0 Å². The minimum Gasteiger partial charge on any atom is -0.351 e. The zero-order valence-electron chi connectivity index (χ0n) is 12.0. The second kappa shape index (κ2) is 6.40. The van der Waals surface area contributed by atoms with Gasteiger partial charge in [-0.2, -0.15) is 4.31 Å². The Balaban J connectivity index is 2.59. The summed E-state index contributed by atoms with van der Waals surface area (Å²) in [5.74, 6) is -0.357. The Hall–Kier alpha value is -0.670. The Kier molecular flexibility index (Phi) is 5.56. The SMILES string of the molecule is CC(C)CN(CC(=O)NC1CCS(=O)(=O)C1)S(C)(=O)=O. The number of nitrogens with one attached hydrogen (secondary N) is 1. The van der Waals surface area contributed by atoms with E-state index in [1.165, 1.54) is 0 Å². The largest absolute Gasteiger partial charge is 0.351 e. The first kappa shape index (κ1) is 17.4. The van der Waals surface area contributed by atoms with Crippen molar-refractivity contribution in [3.63, 3.8) is 0 Å². The maximum atomic E-state index is 11.8. The second-order valence-corrected chi connectivity index (χ2v) is 9.83. The highest BCUT2D eigenvalue weighted by molar-refractivity contribution is 7.91. The minimum atomic E-state index is -3.46. The highest BCUT2D eigenvalue weighted by Gasteiger charge is 2.30. The zero-order chi connectivity index (χ0) is 15.6. The van der Waals surface area contributed by atoms with Crippen LogP contribution >= 0.6 is 0 Å². The highest BCUT2D eigenvalue weighted by Crippen LogP contribution is 2.11. The van der Waals surface area contributed by atoms with Crippen LogP contribution in [0.1, 0.15) is 20.3 Å². The second-order valence-electron chi connectivity index (χ2n) is 5.62. The zero-order valence-corrected chi connectivity index (χ0v) is 13.6. The Morgan fingerprint density at radius 1 is 1.40 bits per heavy atom. The van der Waals surface area contributed by atoms with Crippen molar-refractivity contribution >= 4 is 25.8 Å². The Morgan fingerprint density at radius 2 is 2.00 bits per heavy atom. The molecule has 0 aromatic heterocycles. The first-order valence-corrected chi connectivity index (χ1v) is 10.1. The van der Waals surface area contributed by atoms with Crippen molar-refractivity contribution in [2.24, 2.45) is 5.92 Å². The molecule has 1 rings (SSSR count). The molecular weight excluding hydrogens is 304 g/mol. The number of amides is 1. The molecular formula is C11H22N2O5S2. The Morgan fingerprint density at radius 3 is 2.40 bits per heavy atom. The van der Waals surface area contributed by atoms with E-state index in [1.807, 2.05) is 13.8 Å². The topological polar surface area (TPSA) is 101 Å². The van der Waals surface area contributed by atoms with Gasteiger partial charge in [-0.3, -0.25) is 4.79 Å². The van der Waals surface area contributed by atoms with Gasteiger partial charge in [-0.25, -0.2) is 16.8 Å². The summed E-state index contributed by atoms with van der Waals surface area (Å²) in [6.45, 7) is 3.71. The van der Waals surface area contributed by atoms with E-state index in [9.17, 15) is 21.6 Å². The van der Waals surface area contributed by atoms with Crippen LogP contribution in [-0.4, -0.2) is 63.9 Å². The molecule has 0 spiro atoms. The van der Waals surface area contributed by atoms with Crippen molar-refractivity contribution in [1.29, 1.82) is 0 Å². The molecule has 7 nitrogen and oxygen atoms in total. The number of sulfone groups is 1. The summed E-state index contributed by atoms with van der Waals surface area (Å²) in [6.07, 6.45) is 1.44. The number of rotatable bonds is 6. The molecule has 0 radical (unpaired) electrons. The van der Waals surface area contributed by atoms with Gasteiger partial charge in [-0.15, -0.1) is 0 Å². The monoisotopic (exact) mass is 326 g/mol. The molecule has 1 N–H and O–H groups in total. The molecule has 0 aromatic carbocycles. The molecule has 0 aromatic rings. The van der Waals surface area contributed by atoms with Crippen LogP contribution in [0.15, 0.2) is 0 Å². The molecule has 1 fully saturated rings. The Bertz CT molecular complexity index is 553. The number of nitrogens with zero attached hydrogens (tertiary/aromatic N) is 1. The van der Waals surface area contributed by atoms with Gasteiger partial charge in [0, 0.05) is 12.6 Å². The standard InChI is InChI=1S/C11H22N2O5S2/c1-9(2)6-13(19(3,15)16)7-11(14)12-10-4-5-20(17,18)8-10/h9-10H,4-8H2,1-3H3,(H,12,14). The third-order valence-corrected chi connectivity index (χ3v) is 5.94. The maximum Gasteiger partial charge on any atom is 0.235 e. The van der Waals surface area contributed by atoms with Crippen molar-refractivity contribution in [2.75, 3.05) is 30.9 Å². The van der Waals surface area contributed by atoms with Crippen molar-refractivity contribution in [3.8, 4) is 0 Å². The smallest absolute Gasteiger partial charge is 0.235 e. The normalized spacial score (nSPS) is 22.4. The summed E-state index contributed by atoms with van der Waals surface area (Å²) in [7, 11) is -6.52. The average molecular weight is 326 g/mol. The lowest BCUT2D eigenvalue weighted by atomic mass is 10.2. The molecule has 1 aliphatic rings. The van der Waals surface area contributed by atoms with Gasteiger partial charge < -0.3 is 5.32 Å². The predicted octanol–water partition coefficient (Wildman–Crippen LogP) is -0.793. The van der Waals surface area contributed by atoms with Crippen molar-refractivity contribution in [1.82, 2.24) is 9.62 Å². The highest BCUT2D eigenvalue weighted by atomic mass is 32.2. The van der Waals surface area contributed by atoms with E-state index in [4.69, 9.17) is 0 Å².